The number of carbonyl (C=O) groups excluding carboxylic acids is 1. The molecule has 0 aliphatic carbocycles. The Morgan fingerprint density at radius 1 is 1.04 bits per heavy atom. The molecule has 0 spiro atoms. The summed E-state index contributed by atoms with van der Waals surface area (Å²) < 4.78 is 0. The average molecular weight is 343 g/mol. The van der Waals surface area contributed by atoms with Crippen LogP contribution in [0.3, 0.4) is 0 Å². The summed E-state index contributed by atoms with van der Waals surface area (Å²) in [7, 11) is 0. The first-order chi connectivity index (χ1) is 11.1. The lowest BCUT2D eigenvalue weighted by molar-refractivity contribution is -0.111. The maximum Gasteiger partial charge on any atom is 0.248 e. The van der Waals surface area contributed by atoms with Gasteiger partial charge in [-0.05, 0) is 35.9 Å². The van der Waals surface area contributed by atoms with Crippen molar-refractivity contribution in [3.05, 3.63) is 76.4 Å². The van der Waals surface area contributed by atoms with Crippen molar-refractivity contribution in [2.75, 3.05) is 5.32 Å². The van der Waals surface area contributed by atoms with Crippen LogP contribution in [0.15, 0.2) is 60.8 Å². The van der Waals surface area contributed by atoms with E-state index in [-0.39, 0.29) is 5.91 Å². The van der Waals surface area contributed by atoms with E-state index in [1.807, 2.05) is 24.3 Å². The van der Waals surface area contributed by atoms with Crippen LogP contribution < -0.4 is 5.32 Å². The minimum Gasteiger partial charge on any atom is -0.322 e. The third-order valence-electron chi connectivity index (χ3n) is 3.28. The Balaban J connectivity index is 1.80. The van der Waals surface area contributed by atoms with Crippen molar-refractivity contribution in [1.29, 1.82) is 0 Å². The predicted octanol–water partition coefficient (Wildman–Crippen LogP) is 5.19. The molecule has 1 N–H and O–H groups in total. The average Bonchev–Trinajstić information content (AvgIpc) is 2.55. The second-order valence-corrected chi connectivity index (χ2v) is 5.71. The number of benzene rings is 2. The molecule has 0 atom stereocenters. The highest BCUT2D eigenvalue weighted by molar-refractivity contribution is 6.35. The van der Waals surface area contributed by atoms with Gasteiger partial charge in [-0.15, -0.1) is 0 Å². The van der Waals surface area contributed by atoms with E-state index >= 15 is 0 Å². The van der Waals surface area contributed by atoms with Crippen molar-refractivity contribution in [3.8, 4) is 0 Å². The number of fused-ring (bicyclic) bond motifs is 1. The number of para-hydroxylation sites is 1. The van der Waals surface area contributed by atoms with E-state index in [2.05, 4.69) is 10.3 Å². The summed E-state index contributed by atoms with van der Waals surface area (Å²) >= 11 is 11.9. The molecule has 3 rings (SSSR count). The van der Waals surface area contributed by atoms with Crippen molar-refractivity contribution in [1.82, 2.24) is 4.98 Å². The van der Waals surface area contributed by atoms with Gasteiger partial charge in [-0.3, -0.25) is 9.78 Å². The van der Waals surface area contributed by atoms with E-state index in [4.69, 9.17) is 23.2 Å². The van der Waals surface area contributed by atoms with Gasteiger partial charge >= 0.3 is 0 Å². The molecule has 5 heteroatoms. The van der Waals surface area contributed by atoms with E-state index in [0.29, 0.717) is 21.2 Å². The fraction of sp³-hybridized carbons (Fsp3) is 0. The van der Waals surface area contributed by atoms with Gasteiger partial charge in [0.05, 0.1) is 16.2 Å². The first kappa shape index (κ1) is 15.5. The van der Waals surface area contributed by atoms with Gasteiger partial charge in [-0.1, -0.05) is 47.5 Å². The highest BCUT2D eigenvalue weighted by Crippen LogP contribution is 2.26. The first-order valence-corrected chi connectivity index (χ1v) is 7.67. The molecule has 0 bridgehead atoms. The fourth-order valence-corrected chi connectivity index (χ4v) is 2.52. The summed E-state index contributed by atoms with van der Waals surface area (Å²) in [5.74, 6) is -0.229. The van der Waals surface area contributed by atoms with Gasteiger partial charge in [0, 0.05) is 22.7 Å². The summed E-state index contributed by atoms with van der Waals surface area (Å²) in [5, 5.41) is 4.85. The Labute approximate surface area is 143 Å². The molecule has 23 heavy (non-hydrogen) atoms. The summed E-state index contributed by atoms with van der Waals surface area (Å²) in [6, 6.07) is 14.4. The molecule has 0 fully saturated rings. The maximum absolute atomic E-state index is 12.1. The molecule has 0 saturated heterocycles. The van der Waals surface area contributed by atoms with Gasteiger partial charge < -0.3 is 5.32 Å². The smallest absolute Gasteiger partial charge is 0.248 e. The van der Waals surface area contributed by atoms with Crippen LogP contribution in [-0.2, 0) is 4.79 Å². The predicted molar refractivity (Wildman–Crippen MR) is 95.9 cm³/mol. The Morgan fingerprint density at radius 3 is 2.61 bits per heavy atom. The van der Waals surface area contributed by atoms with Crippen molar-refractivity contribution in [2.24, 2.45) is 0 Å². The maximum atomic E-state index is 12.1. The lowest BCUT2D eigenvalue weighted by Gasteiger charge is -2.07. The number of nitrogens with zero attached hydrogens (tertiary/aromatic N) is 1. The van der Waals surface area contributed by atoms with E-state index in [1.54, 1.807) is 36.5 Å². The van der Waals surface area contributed by atoms with Crippen molar-refractivity contribution in [2.45, 2.75) is 0 Å². The Bertz CT molecular complexity index is 889. The van der Waals surface area contributed by atoms with Gasteiger partial charge in [0.1, 0.15) is 0 Å². The molecule has 114 valence electrons. The van der Waals surface area contributed by atoms with Crippen LogP contribution in [0.25, 0.3) is 17.0 Å². The monoisotopic (exact) mass is 342 g/mol. The van der Waals surface area contributed by atoms with E-state index in [1.165, 1.54) is 6.08 Å². The molecule has 2 aromatic carbocycles. The zero-order valence-corrected chi connectivity index (χ0v) is 13.5. The van der Waals surface area contributed by atoms with Crippen molar-refractivity contribution in [3.63, 3.8) is 0 Å². The van der Waals surface area contributed by atoms with Crippen LogP contribution in [0.4, 0.5) is 5.69 Å². The molecule has 0 radical (unpaired) electrons. The fourth-order valence-electron chi connectivity index (χ4n) is 2.17. The number of aromatic nitrogens is 1. The number of hydrogen-bond donors (Lipinski definition) is 1. The Morgan fingerprint density at radius 2 is 1.83 bits per heavy atom. The first-order valence-electron chi connectivity index (χ1n) is 6.91. The molecule has 0 unspecified atom stereocenters. The molecular weight excluding hydrogens is 331 g/mol. The van der Waals surface area contributed by atoms with Gasteiger partial charge in [-0.2, -0.15) is 0 Å². The largest absolute Gasteiger partial charge is 0.322 e. The van der Waals surface area contributed by atoms with E-state index in [9.17, 15) is 4.79 Å². The molecular formula is C18H12Cl2N2O. The second kappa shape index (κ2) is 6.82. The number of carbonyl (C=O) groups is 1. The van der Waals surface area contributed by atoms with Crippen LogP contribution in [0.5, 0.6) is 0 Å². The lowest BCUT2D eigenvalue weighted by atomic mass is 10.2. The molecule has 3 nitrogen and oxygen atoms in total. The molecule has 1 aromatic heterocycles. The topological polar surface area (TPSA) is 42.0 Å². The molecule has 0 aliphatic rings. The zero-order chi connectivity index (χ0) is 16.2. The lowest BCUT2D eigenvalue weighted by Crippen LogP contribution is -2.08. The normalized spacial score (nSPS) is 11.0. The SMILES string of the molecule is O=C(/C=C/c1ccc(Cl)cc1)Nc1ccnc2c(Cl)cccc12. The van der Waals surface area contributed by atoms with Crippen LogP contribution in [0, 0.1) is 0 Å². The third-order valence-corrected chi connectivity index (χ3v) is 3.83. The minimum absolute atomic E-state index is 0.229. The minimum atomic E-state index is -0.229. The number of anilines is 1. The standard InChI is InChI=1S/C18H12Cl2N2O/c19-13-7-4-12(5-8-13)6-9-17(23)22-16-10-11-21-18-14(16)2-1-3-15(18)20/h1-11H,(H,21,22,23)/b9-6+. The summed E-state index contributed by atoms with van der Waals surface area (Å²) in [4.78, 5) is 16.3. The van der Waals surface area contributed by atoms with Gasteiger partial charge in [-0.25, -0.2) is 0 Å². The number of nitrogens with one attached hydrogen (secondary N) is 1. The van der Waals surface area contributed by atoms with E-state index < -0.39 is 0 Å². The van der Waals surface area contributed by atoms with Gasteiger partial charge in [0.2, 0.25) is 5.91 Å². The van der Waals surface area contributed by atoms with Crippen LogP contribution in [0.1, 0.15) is 5.56 Å². The van der Waals surface area contributed by atoms with Crippen molar-refractivity contribution >= 4 is 51.8 Å². The highest BCUT2D eigenvalue weighted by atomic mass is 35.5. The molecule has 1 amide bonds. The Kier molecular flexibility index (Phi) is 4.60. The van der Waals surface area contributed by atoms with Gasteiger partial charge in [0.15, 0.2) is 0 Å². The molecule has 3 aromatic rings. The highest BCUT2D eigenvalue weighted by Gasteiger charge is 2.06. The number of halogens is 2. The van der Waals surface area contributed by atoms with Crippen LogP contribution >= 0.6 is 23.2 Å². The molecule has 0 saturated carbocycles. The molecule has 1 heterocycles. The summed E-state index contributed by atoms with van der Waals surface area (Å²) in [6.07, 6.45) is 4.81. The van der Waals surface area contributed by atoms with Crippen molar-refractivity contribution < 1.29 is 4.79 Å². The number of amides is 1. The number of pyridine rings is 1. The second-order valence-electron chi connectivity index (χ2n) is 4.87. The van der Waals surface area contributed by atoms with Crippen LogP contribution in [0.2, 0.25) is 10.0 Å². The molecule has 0 aliphatic heterocycles. The number of rotatable bonds is 3. The zero-order valence-electron chi connectivity index (χ0n) is 12.0. The summed E-state index contributed by atoms with van der Waals surface area (Å²) in [5.41, 5.74) is 2.23. The summed E-state index contributed by atoms with van der Waals surface area (Å²) in [6.45, 7) is 0. The third kappa shape index (κ3) is 3.70. The quantitative estimate of drug-likeness (QED) is 0.665. The Hall–Kier alpha value is -2.36. The number of hydrogen-bond acceptors (Lipinski definition) is 2. The van der Waals surface area contributed by atoms with E-state index in [0.717, 1.165) is 10.9 Å². The van der Waals surface area contributed by atoms with Crippen LogP contribution in [-0.4, -0.2) is 10.9 Å². The van der Waals surface area contributed by atoms with Gasteiger partial charge in [0.25, 0.3) is 0 Å².